The summed E-state index contributed by atoms with van der Waals surface area (Å²) < 4.78 is 5.63. The number of benzene rings is 2. The molecule has 2 aliphatic carbocycles. The molecule has 2 aromatic rings. The second-order valence-electron chi connectivity index (χ2n) is 9.02. The van der Waals surface area contributed by atoms with Gasteiger partial charge in [0.05, 0.1) is 5.41 Å². The van der Waals surface area contributed by atoms with Crippen molar-refractivity contribution in [3.8, 4) is 5.75 Å². The summed E-state index contributed by atoms with van der Waals surface area (Å²) in [5.41, 5.74) is -1.64. The Hall–Kier alpha value is -2.66. The number of carbonyl (C=O) groups is 3. The highest BCUT2D eigenvalue weighted by atomic mass is 35.5. The van der Waals surface area contributed by atoms with Gasteiger partial charge in [-0.15, -0.1) is 0 Å². The number of rotatable bonds is 4. The van der Waals surface area contributed by atoms with Crippen molar-refractivity contribution < 1.29 is 19.1 Å². The van der Waals surface area contributed by atoms with E-state index in [0.29, 0.717) is 16.3 Å². The number of ether oxygens (including phenoxy) is 1. The fourth-order valence-corrected chi connectivity index (χ4v) is 5.83. The molecule has 1 amide bonds. The number of halogens is 1. The Morgan fingerprint density at radius 3 is 2.42 bits per heavy atom. The van der Waals surface area contributed by atoms with Crippen LogP contribution in [0.2, 0.25) is 5.02 Å². The zero-order valence-corrected chi connectivity index (χ0v) is 18.1. The van der Waals surface area contributed by atoms with E-state index in [1.807, 2.05) is 12.1 Å². The second-order valence-corrected chi connectivity index (χ2v) is 9.45. The van der Waals surface area contributed by atoms with Gasteiger partial charge in [-0.05, 0) is 50.1 Å². The smallest absolute Gasteiger partial charge is 0.328 e. The largest absolute Gasteiger partial charge is 0.425 e. The Balaban J connectivity index is 1.59. The molecule has 31 heavy (non-hydrogen) atoms. The predicted octanol–water partition coefficient (Wildman–Crippen LogP) is 4.68. The zero-order chi connectivity index (χ0) is 21.8. The number of esters is 1. The van der Waals surface area contributed by atoms with Crippen LogP contribution in [0.15, 0.2) is 48.5 Å². The minimum atomic E-state index is -1.56. The maximum atomic E-state index is 13.7. The predicted molar refractivity (Wildman–Crippen MR) is 116 cm³/mol. The van der Waals surface area contributed by atoms with Crippen LogP contribution in [0.1, 0.15) is 60.9 Å². The molecule has 0 aromatic heterocycles. The van der Waals surface area contributed by atoms with Gasteiger partial charge in [-0.25, -0.2) is 0 Å². The van der Waals surface area contributed by atoms with Crippen molar-refractivity contribution in [1.29, 1.82) is 0 Å². The van der Waals surface area contributed by atoms with Crippen LogP contribution < -0.4 is 10.1 Å². The van der Waals surface area contributed by atoms with Gasteiger partial charge >= 0.3 is 5.97 Å². The molecule has 1 N–H and O–H groups in total. The highest BCUT2D eigenvalue weighted by Gasteiger charge is 2.88. The van der Waals surface area contributed by atoms with Gasteiger partial charge in [-0.3, -0.25) is 14.4 Å². The van der Waals surface area contributed by atoms with Gasteiger partial charge in [0.1, 0.15) is 5.75 Å². The Morgan fingerprint density at radius 1 is 1.03 bits per heavy atom. The summed E-state index contributed by atoms with van der Waals surface area (Å²) in [6.07, 6.45) is 5.04. The van der Waals surface area contributed by atoms with Crippen LogP contribution in [0.3, 0.4) is 0 Å². The summed E-state index contributed by atoms with van der Waals surface area (Å²) in [6, 6.07) is 13.8. The fraction of sp³-hybridized carbons (Fsp3) is 0.400. The summed E-state index contributed by atoms with van der Waals surface area (Å²) in [5.74, 6) is -1.43. The van der Waals surface area contributed by atoms with Gasteiger partial charge < -0.3 is 10.1 Å². The Morgan fingerprint density at radius 2 is 1.71 bits per heavy atom. The number of fused-ring (bicyclic) bond motifs is 3. The molecule has 0 spiro atoms. The van der Waals surface area contributed by atoms with Crippen molar-refractivity contribution in [1.82, 2.24) is 5.32 Å². The summed E-state index contributed by atoms with van der Waals surface area (Å²) >= 11 is 5.99. The average Bonchev–Trinajstić information content (AvgIpc) is 3.38. The molecule has 2 saturated carbocycles. The van der Waals surface area contributed by atoms with Crippen LogP contribution in [0.5, 0.6) is 5.75 Å². The topological polar surface area (TPSA) is 72.5 Å². The first-order valence-electron chi connectivity index (χ1n) is 10.8. The number of amides is 1. The van der Waals surface area contributed by atoms with E-state index in [1.165, 1.54) is 0 Å². The molecule has 2 aromatic carbocycles. The van der Waals surface area contributed by atoms with Crippen LogP contribution in [0.4, 0.5) is 0 Å². The summed E-state index contributed by atoms with van der Waals surface area (Å²) in [7, 11) is 0. The number of Topliss-reactive ketones (excluding diaryl/α,β-unsaturated/α-hetero) is 1. The van der Waals surface area contributed by atoms with Crippen molar-refractivity contribution >= 4 is 29.3 Å². The van der Waals surface area contributed by atoms with E-state index in [1.54, 1.807) is 43.3 Å². The number of hydrogen-bond acceptors (Lipinski definition) is 4. The molecule has 0 bridgehead atoms. The minimum Gasteiger partial charge on any atom is -0.425 e. The number of ketones is 1. The summed E-state index contributed by atoms with van der Waals surface area (Å²) in [4.78, 5) is 40.8. The van der Waals surface area contributed by atoms with Crippen LogP contribution in [0.25, 0.3) is 0 Å². The van der Waals surface area contributed by atoms with Crippen LogP contribution in [-0.2, 0) is 9.59 Å². The Labute approximate surface area is 186 Å². The SMILES string of the molecule is C[C@@]1(C(=O)c2ccc(Cl)cc2)[C@@H]2c3ccccc3OC(=O)[C@@]21C(=O)NC1CCCCC1. The molecule has 160 valence electrons. The molecule has 1 heterocycles. The lowest BCUT2D eigenvalue weighted by atomic mass is 9.85. The number of carbonyl (C=O) groups excluding carboxylic acids is 3. The molecule has 1 aliphatic heterocycles. The molecule has 0 radical (unpaired) electrons. The lowest BCUT2D eigenvalue weighted by molar-refractivity contribution is -0.149. The van der Waals surface area contributed by atoms with Crippen molar-refractivity contribution in [2.75, 3.05) is 0 Å². The molecule has 3 atom stereocenters. The summed E-state index contributed by atoms with van der Waals surface area (Å²) in [5, 5.41) is 3.61. The van der Waals surface area contributed by atoms with E-state index < -0.39 is 28.6 Å². The highest BCUT2D eigenvalue weighted by Crippen LogP contribution is 2.78. The Bertz CT molecular complexity index is 1080. The lowest BCUT2D eigenvalue weighted by Crippen LogP contribution is -2.49. The highest BCUT2D eigenvalue weighted by molar-refractivity contribution is 6.30. The van der Waals surface area contributed by atoms with E-state index >= 15 is 0 Å². The van der Waals surface area contributed by atoms with Gasteiger partial charge in [0.2, 0.25) is 5.91 Å². The molecule has 6 heteroatoms. The van der Waals surface area contributed by atoms with Crippen LogP contribution in [-0.4, -0.2) is 23.7 Å². The molecular formula is C25H24ClNO4. The molecule has 0 unspecified atom stereocenters. The molecule has 3 aliphatic rings. The fourth-order valence-electron chi connectivity index (χ4n) is 5.70. The average molecular weight is 438 g/mol. The van der Waals surface area contributed by atoms with Crippen molar-refractivity contribution in [2.24, 2.45) is 10.8 Å². The van der Waals surface area contributed by atoms with Crippen molar-refractivity contribution in [3.05, 3.63) is 64.7 Å². The minimum absolute atomic E-state index is 0.0247. The standard InChI is InChI=1S/C25H24ClNO4/c1-24(21(28)15-11-13-16(26)14-12-15)20-18-9-5-6-10-19(18)31-23(30)25(20,24)22(29)27-17-7-3-2-4-8-17/h5-6,9-14,17,20H,2-4,7-8H2,1H3,(H,27,29)/t20-,24-,25-/m0/s1. The number of para-hydroxylation sites is 1. The van der Waals surface area contributed by atoms with Crippen LogP contribution >= 0.6 is 11.6 Å². The van der Waals surface area contributed by atoms with E-state index in [9.17, 15) is 14.4 Å². The lowest BCUT2D eigenvalue weighted by Gasteiger charge is -2.28. The maximum absolute atomic E-state index is 13.7. The Kier molecular flexibility index (Phi) is 4.70. The van der Waals surface area contributed by atoms with Gasteiger partial charge in [-0.2, -0.15) is 0 Å². The molecule has 2 fully saturated rings. The third kappa shape index (κ3) is 2.79. The normalized spacial score (nSPS) is 29.4. The van der Waals surface area contributed by atoms with E-state index in [-0.39, 0.29) is 11.8 Å². The third-order valence-corrected chi connectivity index (χ3v) is 7.63. The molecule has 5 rings (SSSR count). The zero-order valence-electron chi connectivity index (χ0n) is 17.3. The maximum Gasteiger partial charge on any atom is 0.328 e. The second kappa shape index (κ2) is 7.20. The molecule has 5 nitrogen and oxygen atoms in total. The van der Waals surface area contributed by atoms with Crippen LogP contribution in [0, 0.1) is 10.8 Å². The van der Waals surface area contributed by atoms with E-state index in [4.69, 9.17) is 16.3 Å². The first kappa shape index (κ1) is 20.3. The van der Waals surface area contributed by atoms with Gasteiger partial charge in [0, 0.05) is 28.1 Å². The quantitative estimate of drug-likeness (QED) is 0.326. The monoisotopic (exact) mass is 437 g/mol. The summed E-state index contributed by atoms with van der Waals surface area (Å²) in [6.45, 7) is 1.72. The number of nitrogens with one attached hydrogen (secondary N) is 1. The van der Waals surface area contributed by atoms with Gasteiger partial charge in [-0.1, -0.05) is 49.1 Å². The van der Waals surface area contributed by atoms with Gasteiger partial charge in [0.25, 0.3) is 0 Å². The van der Waals surface area contributed by atoms with E-state index in [0.717, 1.165) is 37.7 Å². The number of hydrogen-bond donors (Lipinski definition) is 1. The van der Waals surface area contributed by atoms with Gasteiger partial charge in [0.15, 0.2) is 11.2 Å². The van der Waals surface area contributed by atoms with E-state index in [2.05, 4.69) is 5.32 Å². The first-order chi connectivity index (χ1) is 14.9. The molecule has 0 saturated heterocycles. The van der Waals surface area contributed by atoms with Crippen molar-refractivity contribution in [3.63, 3.8) is 0 Å². The first-order valence-corrected chi connectivity index (χ1v) is 11.2. The third-order valence-electron chi connectivity index (χ3n) is 7.38. The van der Waals surface area contributed by atoms with Crippen molar-refractivity contribution in [2.45, 2.75) is 51.0 Å². The molecular weight excluding hydrogens is 414 g/mol.